The fraction of sp³-hybridized carbons (Fsp3) is 0.320. The zero-order valence-electron chi connectivity index (χ0n) is 18.5. The van der Waals surface area contributed by atoms with E-state index in [1.165, 1.54) is 11.8 Å². The third-order valence-corrected chi connectivity index (χ3v) is 5.92. The maximum atomic E-state index is 13.5. The zero-order chi connectivity index (χ0) is 22.7. The number of hydrogen-bond acceptors (Lipinski definition) is 5. The summed E-state index contributed by atoms with van der Waals surface area (Å²) in [5.41, 5.74) is 3.36. The topological polar surface area (TPSA) is 73.0 Å². The summed E-state index contributed by atoms with van der Waals surface area (Å²) >= 11 is 0. The second-order valence-corrected chi connectivity index (χ2v) is 8.27. The molecule has 2 aliphatic heterocycles. The molecule has 2 aromatic rings. The molecule has 32 heavy (non-hydrogen) atoms. The molecule has 0 unspecified atom stereocenters. The van der Waals surface area contributed by atoms with Gasteiger partial charge < -0.3 is 15.1 Å². The molecule has 0 aromatic heterocycles. The molecule has 1 N–H and O–H groups in total. The Labute approximate surface area is 188 Å². The lowest BCUT2D eigenvalue weighted by molar-refractivity contribution is -0.137. The Morgan fingerprint density at radius 3 is 2.19 bits per heavy atom. The second-order valence-electron chi connectivity index (χ2n) is 8.27. The quantitative estimate of drug-likeness (QED) is 0.709. The summed E-state index contributed by atoms with van der Waals surface area (Å²) in [7, 11) is 2.06. The monoisotopic (exact) mass is 432 g/mol. The minimum Gasteiger partial charge on any atom is -0.364 e. The van der Waals surface area contributed by atoms with Crippen molar-refractivity contribution < 1.29 is 14.4 Å². The largest absolute Gasteiger partial charge is 0.364 e. The number of imide groups is 1. The van der Waals surface area contributed by atoms with E-state index in [4.69, 9.17) is 0 Å². The molecule has 0 atom stereocenters. The number of nitrogens with one attached hydrogen (secondary N) is 1. The third-order valence-electron chi connectivity index (χ3n) is 5.92. The lowest BCUT2D eigenvalue weighted by Gasteiger charge is -2.34. The number of amides is 3. The number of likely N-dealkylation sites (N-methyl/N-ethyl adjacent to an activating group) is 1. The molecule has 0 radical (unpaired) electrons. The fourth-order valence-corrected chi connectivity index (χ4v) is 4.16. The molecule has 7 nitrogen and oxygen atoms in total. The highest BCUT2D eigenvalue weighted by Gasteiger charge is 2.41. The first-order valence-electron chi connectivity index (χ1n) is 10.9. The van der Waals surface area contributed by atoms with Crippen LogP contribution in [0.2, 0.25) is 0 Å². The lowest BCUT2D eigenvalue weighted by atomic mass is 10.0. The number of rotatable bonds is 6. The summed E-state index contributed by atoms with van der Waals surface area (Å²) in [5, 5.41) is 2.74. The minimum absolute atomic E-state index is 0.158. The van der Waals surface area contributed by atoms with E-state index in [0.717, 1.165) is 18.7 Å². The van der Waals surface area contributed by atoms with Crippen LogP contribution in [0.4, 0.5) is 5.69 Å². The molecule has 2 aliphatic rings. The first-order chi connectivity index (χ1) is 15.4. The Morgan fingerprint density at radius 1 is 0.906 bits per heavy atom. The van der Waals surface area contributed by atoms with Gasteiger partial charge in [-0.1, -0.05) is 42.5 Å². The van der Waals surface area contributed by atoms with Crippen molar-refractivity contribution in [1.82, 2.24) is 14.7 Å². The summed E-state index contributed by atoms with van der Waals surface area (Å²) in [6.07, 6.45) is 0.614. The van der Waals surface area contributed by atoms with E-state index in [-0.39, 0.29) is 17.7 Å². The van der Waals surface area contributed by atoms with E-state index in [1.54, 1.807) is 24.3 Å². The number of anilines is 1. The van der Waals surface area contributed by atoms with Crippen LogP contribution < -0.4 is 5.32 Å². The van der Waals surface area contributed by atoms with Crippen LogP contribution in [0, 0.1) is 0 Å². The van der Waals surface area contributed by atoms with Gasteiger partial charge in [-0.25, -0.2) is 0 Å². The number of nitrogens with zero attached hydrogens (tertiary/aromatic N) is 3. The van der Waals surface area contributed by atoms with Crippen molar-refractivity contribution in [2.24, 2.45) is 0 Å². The molecular weight excluding hydrogens is 404 g/mol. The van der Waals surface area contributed by atoms with Gasteiger partial charge in [-0.3, -0.25) is 19.3 Å². The van der Waals surface area contributed by atoms with Gasteiger partial charge in [0.15, 0.2) is 0 Å². The number of piperazine rings is 1. The van der Waals surface area contributed by atoms with Gasteiger partial charge in [-0.15, -0.1) is 0 Å². The van der Waals surface area contributed by atoms with Gasteiger partial charge in [-0.05, 0) is 36.7 Å². The molecule has 0 bridgehead atoms. The highest BCUT2D eigenvalue weighted by molar-refractivity contribution is 6.35. The van der Waals surface area contributed by atoms with Gasteiger partial charge in [0.2, 0.25) is 5.91 Å². The van der Waals surface area contributed by atoms with Crippen LogP contribution in [0.5, 0.6) is 0 Å². The number of carbonyl (C=O) groups excluding carboxylic acids is 3. The van der Waals surface area contributed by atoms with Gasteiger partial charge in [0, 0.05) is 45.3 Å². The SMILES string of the molecule is CC(=O)Nc1ccc(C2=C(N3CCN(C)CC3)C(=O)N(CCc3ccccc3)C2=O)cc1. The molecule has 4 rings (SSSR count). The average molecular weight is 433 g/mol. The lowest BCUT2D eigenvalue weighted by Crippen LogP contribution is -2.46. The molecular formula is C25H28N4O3. The van der Waals surface area contributed by atoms with E-state index >= 15 is 0 Å². The number of carbonyl (C=O) groups is 3. The summed E-state index contributed by atoms with van der Waals surface area (Å²) < 4.78 is 0. The van der Waals surface area contributed by atoms with E-state index < -0.39 is 0 Å². The van der Waals surface area contributed by atoms with E-state index in [1.807, 2.05) is 35.2 Å². The minimum atomic E-state index is -0.257. The first kappa shape index (κ1) is 21.8. The Balaban J connectivity index is 1.64. The Hall–Kier alpha value is -3.45. The first-order valence-corrected chi connectivity index (χ1v) is 10.9. The number of hydrogen-bond donors (Lipinski definition) is 1. The van der Waals surface area contributed by atoms with Crippen LogP contribution in [0.1, 0.15) is 18.1 Å². The van der Waals surface area contributed by atoms with Crippen molar-refractivity contribution >= 4 is 29.0 Å². The normalized spacial score (nSPS) is 17.3. The standard InChI is InChI=1S/C25H28N4O3/c1-18(30)26-21-10-8-20(9-11-21)22-23(28-16-14-27(2)15-17-28)25(32)29(24(22)31)13-12-19-6-4-3-5-7-19/h3-11H,12-17H2,1-2H3,(H,26,30). The smallest absolute Gasteiger partial charge is 0.277 e. The molecule has 7 heteroatoms. The van der Waals surface area contributed by atoms with Crippen LogP contribution >= 0.6 is 0 Å². The summed E-state index contributed by atoms with van der Waals surface area (Å²) in [4.78, 5) is 43.9. The van der Waals surface area contributed by atoms with E-state index in [2.05, 4.69) is 17.3 Å². The van der Waals surface area contributed by atoms with Crippen LogP contribution in [0.3, 0.4) is 0 Å². The third kappa shape index (κ3) is 4.57. The van der Waals surface area contributed by atoms with Crippen LogP contribution in [0.25, 0.3) is 5.57 Å². The van der Waals surface area contributed by atoms with Crippen molar-refractivity contribution in [3.8, 4) is 0 Å². The Bertz CT molecular complexity index is 1040. The molecule has 2 aromatic carbocycles. The predicted octanol–water partition coefficient (Wildman–Crippen LogP) is 2.21. The fourth-order valence-electron chi connectivity index (χ4n) is 4.16. The van der Waals surface area contributed by atoms with Gasteiger partial charge in [0.25, 0.3) is 11.8 Å². The van der Waals surface area contributed by atoms with E-state index in [0.29, 0.717) is 48.6 Å². The highest BCUT2D eigenvalue weighted by Crippen LogP contribution is 2.33. The highest BCUT2D eigenvalue weighted by atomic mass is 16.2. The molecule has 1 fully saturated rings. The van der Waals surface area contributed by atoms with Crippen molar-refractivity contribution in [3.63, 3.8) is 0 Å². The van der Waals surface area contributed by atoms with Crippen LogP contribution in [0.15, 0.2) is 60.3 Å². The molecule has 3 amide bonds. The summed E-state index contributed by atoms with van der Waals surface area (Å²) in [5.74, 6) is -0.641. The summed E-state index contributed by atoms with van der Waals surface area (Å²) in [6.45, 7) is 4.86. The molecule has 0 saturated carbocycles. The molecule has 2 heterocycles. The maximum Gasteiger partial charge on any atom is 0.277 e. The maximum absolute atomic E-state index is 13.5. The number of benzene rings is 2. The van der Waals surface area contributed by atoms with Gasteiger partial charge in [-0.2, -0.15) is 0 Å². The molecule has 1 saturated heterocycles. The average Bonchev–Trinajstić information content (AvgIpc) is 3.03. The Morgan fingerprint density at radius 2 is 1.56 bits per heavy atom. The van der Waals surface area contributed by atoms with E-state index in [9.17, 15) is 14.4 Å². The Kier molecular flexibility index (Phi) is 6.37. The molecule has 0 aliphatic carbocycles. The predicted molar refractivity (Wildman–Crippen MR) is 124 cm³/mol. The summed E-state index contributed by atoms with van der Waals surface area (Å²) in [6, 6.07) is 17.0. The van der Waals surface area contributed by atoms with Gasteiger partial charge in [0.05, 0.1) is 5.57 Å². The van der Waals surface area contributed by atoms with Crippen molar-refractivity contribution in [2.45, 2.75) is 13.3 Å². The second kappa shape index (κ2) is 9.36. The van der Waals surface area contributed by atoms with Gasteiger partial charge >= 0.3 is 0 Å². The molecule has 166 valence electrons. The van der Waals surface area contributed by atoms with Crippen LogP contribution in [-0.2, 0) is 20.8 Å². The zero-order valence-corrected chi connectivity index (χ0v) is 18.5. The van der Waals surface area contributed by atoms with Crippen LogP contribution in [-0.4, -0.2) is 72.2 Å². The molecule has 0 spiro atoms. The van der Waals surface area contributed by atoms with Crippen molar-refractivity contribution in [2.75, 3.05) is 45.1 Å². The van der Waals surface area contributed by atoms with Crippen molar-refractivity contribution in [3.05, 3.63) is 71.4 Å². The van der Waals surface area contributed by atoms with Crippen molar-refractivity contribution in [1.29, 1.82) is 0 Å². The van der Waals surface area contributed by atoms with Gasteiger partial charge in [0.1, 0.15) is 5.70 Å².